The van der Waals surface area contributed by atoms with E-state index in [4.69, 9.17) is 11.6 Å². The summed E-state index contributed by atoms with van der Waals surface area (Å²) in [5, 5.41) is 3.77. The molecule has 1 aliphatic carbocycles. The minimum Gasteiger partial charge on any atom is -0.313 e. The smallest absolute Gasteiger partial charge is 0.243 e. The quantitative estimate of drug-likeness (QED) is 0.872. The molecule has 0 bridgehead atoms. The Morgan fingerprint density at radius 2 is 2.00 bits per heavy atom. The first-order chi connectivity index (χ1) is 9.96. The first-order valence-electron chi connectivity index (χ1n) is 7.44. The standard InChI is InChI=1S/C15H23ClN2O2S/c1-3-17-11-12-10-14(8-9-15(12)16)21(19,20)18(2)13-6-4-5-7-13/h8-10,13,17H,3-7,11H2,1-2H3. The molecule has 0 atom stereocenters. The third-order valence-corrected chi connectivity index (χ3v) is 6.37. The summed E-state index contributed by atoms with van der Waals surface area (Å²) in [4.78, 5) is 0.328. The van der Waals surface area contributed by atoms with Gasteiger partial charge in [-0.25, -0.2) is 8.42 Å². The Morgan fingerprint density at radius 1 is 1.33 bits per heavy atom. The van der Waals surface area contributed by atoms with Crippen molar-refractivity contribution >= 4 is 21.6 Å². The summed E-state index contributed by atoms with van der Waals surface area (Å²) in [5.41, 5.74) is 0.819. The molecule has 0 amide bonds. The second-order valence-electron chi connectivity index (χ2n) is 5.49. The van der Waals surface area contributed by atoms with Crippen LogP contribution < -0.4 is 5.32 Å². The van der Waals surface area contributed by atoms with Gasteiger partial charge in [0.05, 0.1) is 4.90 Å². The Bertz CT molecular complexity index is 583. The van der Waals surface area contributed by atoms with E-state index in [-0.39, 0.29) is 6.04 Å². The molecular formula is C15H23ClN2O2S. The molecule has 4 nitrogen and oxygen atoms in total. The van der Waals surface area contributed by atoms with Crippen LogP contribution in [-0.4, -0.2) is 32.4 Å². The lowest BCUT2D eigenvalue weighted by Gasteiger charge is -2.24. The van der Waals surface area contributed by atoms with Crippen LogP contribution in [0.4, 0.5) is 0 Å². The van der Waals surface area contributed by atoms with Crippen molar-refractivity contribution < 1.29 is 8.42 Å². The van der Waals surface area contributed by atoms with E-state index in [2.05, 4.69) is 5.32 Å². The number of hydrogen-bond donors (Lipinski definition) is 1. The fourth-order valence-electron chi connectivity index (χ4n) is 2.74. The molecule has 1 saturated carbocycles. The molecule has 0 saturated heterocycles. The molecule has 1 aromatic rings. The van der Waals surface area contributed by atoms with Gasteiger partial charge in [0, 0.05) is 24.7 Å². The highest BCUT2D eigenvalue weighted by Gasteiger charge is 2.30. The molecule has 1 fully saturated rings. The lowest BCUT2D eigenvalue weighted by Crippen LogP contribution is -2.35. The molecular weight excluding hydrogens is 308 g/mol. The maximum atomic E-state index is 12.7. The van der Waals surface area contributed by atoms with Crippen LogP contribution in [0.1, 0.15) is 38.2 Å². The molecule has 0 heterocycles. The Balaban J connectivity index is 2.26. The average Bonchev–Trinajstić information content (AvgIpc) is 2.99. The van der Waals surface area contributed by atoms with Gasteiger partial charge >= 0.3 is 0 Å². The summed E-state index contributed by atoms with van der Waals surface area (Å²) >= 11 is 6.14. The van der Waals surface area contributed by atoms with Gasteiger partial charge in [-0.2, -0.15) is 4.31 Å². The van der Waals surface area contributed by atoms with Crippen LogP contribution in [0.25, 0.3) is 0 Å². The molecule has 1 aliphatic rings. The normalized spacial score (nSPS) is 16.8. The van der Waals surface area contributed by atoms with E-state index in [0.717, 1.165) is 37.8 Å². The SMILES string of the molecule is CCNCc1cc(S(=O)(=O)N(C)C2CCCC2)ccc1Cl. The van der Waals surface area contributed by atoms with Crippen LogP contribution in [0, 0.1) is 0 Å². The van der Waals surface area contributed by atoms with Gasteiger partial charge in [-0.3, -0.25) is 0 Å². The van der Waals surface area contributed by atoms with Crippen molar-refractivity contribution in [1.82, 2.24) is 9.62 Å². The van der Waals surface area contributed by atoms with Crippen LogP contribution in [0.2, 0.25) is 5.02 Å². The summed E-state index contributed by atoms with van der Waals surface area (Å²) in [6, 6.07) is 5.08. The highest BCUT2D eigenvalue weighted by Crippen LogP contribution is 2.28. The molecule has 0 aromatic heterocycles. The molecule has 2 rings (SSSR count). The predicted molar refractivity (Wildman–Crippen MR) is 86.0 cm³/mol. The predicted octanol–water partition coefficient (Wildman–Crippen LogP) is 3.01. The van der Waals surface area contributed by atoms with Crippen LogP contribution in [0.5, 0.6) is 0 Å². The molecule has 21 heavy (non-hydrogen) atoms. The molecule has 1 aromatic carbocycles. The zero-order valence-corrected chi connectivity index (χ0v) is 14.2. The van der Waals surface area contributed by atoms with E-state index in [0.29, 0.717) is 16.5 Å². The topological polar surface area (TPSA) is 49.4 Å². The Kier molecular flexibility index (Phi) is 5.66. The van der Waals surface area contributed by atoms with E-state index in [9.17, 15) is 8.42 Å². The van der Waals surface area contributed by atoms with Crippen LogP contribution >= 0.6 is 11.6 Å². The molecule has 6 heteroatoms. The fourth-order valence-corrected chi connectivity index (χ4v) is 4.39. The highest BCUT2D eigenvalue weighted by molar-refractivity contribution is 7.89. The van der Waals surface area contributed by atoms with Gasteiger partial charge < -0.3 is 5.32 Å². The zero-order chi connectivity index (χ0) is 15.5. The number of rotatable bonds is 6. The number of sulfonamides is 1. The second-order valence-corrected chi connectivity index (χ2v) is 7.90. The second kappa shape index (κ2) is 7.09. The van der Waals surface area contributed by atoms with Gasteiger partial charge in [-0.1, -0.05) is 31.4 Å². The Hall–Kier alpha value is -0.620. The average molecular weight is 331 g/mol. The van der Waals surface area contributed by atoms with Crippen molar-refractivity contribution in [3.8, 4) is 0 Å². The van der Waals surface area contributed by atoms with Gasteiger partial charge in [0.2, 0.25) is 10.0 Å². The van der Waals surface area contributed by atoms with Crippen molar-refractivity contribution in [2.45, 2.75) is 50.1 Å². The molecule has 0 aliphatic heterocycles. The van der Waals surface area contributed by atoms with Gasteiger partial charge in [0.25, 0.3) is 0 Å². The largest absolute Gasteiger partial charge is 0.313 e. The minimum absolute atomic E-state index is 0.128. The van der Waals surface area contributed by atoms with Crippen molar-refractivity contribution in [3.05, 3.63) is 28.8 Å². The van der Waals surface area contributed by atoms with Gasteiger partial charge in [0.15, 0.2) is 0 Å². The Labute approximate surface area is 132 Å². The first kappa shape index (κ1) is 16.7. The maximum absolute atomic E-state index is 12.7. The summed E-state index contributed by atoms with van der Waals surface area (Å²) in [5.74, 6) is 0. The van der Waals surface area contributed by atoms with Crippen LogP contribution in [0.15, 0.2) is 23.1 Å². The number of benzene rings is 1. The van der Waals surface area contributed by atoms with E-state index < -0.39 is 10.0 Å². The minimum atomic E-state index is -3.44. The summed E-state index contributed by atoms with van der Waals surface area (Å²) in [6.45, 7) is 3.39. The lowest BCUT2D eigenvalue weighted by molar-refractivity contribution is 0.373. The first-order valence-corrected chi connectivity index (χ1v) is 9.25. The third kappa shape index (κ3) is 3.77. The highest BCUT2D eigenvalue weighted by atomic mass is 35.5. The van der Waals surface area contributed by atoms with E-state index in [1.54, 1.807) is 25.2 Å². The van der Waals surface area contributed by atoms with Crippen molar-refractivity contribution in [3.63, 3.8) is 0 Å². The summed E-state index contributed by atoms with van der Waals surface area (Å²) in [7, 11) is -1.76. The number of hydrogen-bond acceptors (Lipinski definition) is 3. The lowest BCUT2D eigenvalue weighted by atomic mass is 10.2. The molecule has 118 valence electrons. The fraction of sp³-hybridized carbons (Fsp3) is 0.600. The van der Waals surface area contributed by atoms with Gasteiger partial charge in [-0.05, 0) is 43.1 Å². The monoisotopic (exact) mass is 330 g/mol. The number of nitrogens with one attached hydrogen (secondary N) is 1. The zero-order valence-electron chi connectivity index (χ0n) is 12.6. The molecule has 0 radical (unpaired) electrons. The van der Waals surface area contributed by atoms with Gasteiger partial charge in [0.1, 0.15) is 0 Å². The third-order valence-electron chi connectivity index (χ3n) is 4.10. The van der Waals surface area contributed by atoms with Crippen molar-refractivity contribution in [1.29, 1.82) is 0 Å². The van der Waals surface area contributed by atoms with E-state index in [1.165, 1.54) is 4.31 Å². The van der Waals surface area contributed by atoms with E-state index in [1.807, 2.05) is 6.92 Å². The van der Waals surface area contributed by atoms with Crippen LogP contribution in [-0.2, 0) is 16.6 Å². The summed E-state index contributed by atoms with van der Waals surface area (Å²) < 4.78 is 27.0. The van der Waals surface area contributed by atoms with E-state index >= 15 is 0 Å². The van der Waals surface area contributed by atoms with Crippen molar-refractivity contribution in [2.24, 2.45) is 0 Å². The number of nitrogens with zero attached hydrogens (tertiary/aromatic N) is 1. The summed E-state index contributed by atoms with van der Waals surface area (Å²) in [6.07, 6.45) is 4.12. The maximum Gasteiger partial charge on any atom is 0.243 e. The van der Waals surface area contributed by atoms with Crippen molar-refractivity contribution in [2.75, 3.05) is 13.6 Å². The molecule has 0 unspecified atom stereocenters. The number of halogens is 1. The van der Waals surface area contributed by atoms with Crippen LogP contribution in [0.3, 0.4) is 0 Å². The molecule has 1 N–H and O–H groups in total. The Morgan fingerprint density at radius 3 is 2.62 bits per heavy atom. The molecule has 0 spiro atoms. The van der Waals surface area contributed by atoms with Gasteiger partial charge in [-0.15, -0.1) is 0 Å².